The van der Waals surface area contributed by atoms with Crippen molar-refractivity contribution < 1.29 is 18.1 Å². The minimum Gasteiger partial charge on any atom is -0.322 e. The van der Waals surface area contributed by atoms with Crippen LogP contribution >= 0.6 is 11.6 Å². The molecular formula is C17H18ClN3O5S. The van der Waals surface area contributed by atoms with Crippen molar-refractivity contribution in [3.63, 3.8) is 0 Å². The number of amides is 1. The number of rotatable bonds is 8. The van der Waals surface area contributed by atoms with Gasteiger partial charge in [-0.05, 0) is 42.8 Å². The first-order valence-electron chi connectivity index (χ1n) is 8.09. The molecule has 0 saturated heterocycles. The number of unbranched alkanes of at least 4 members (excludes halogenated alkanes) is 1. The van der Waals surface area contributed by atoms with E-state index in [1.807, 2.05) is 6.92 Å². The maximum Gasteiger partial charge on any atom is 0.288 e. The summed E-state index contributed by atoms with van der Waals surface area (Å²) in [6, 6.07) is 9.33. The molecule has 0 bridgehead atoms. The van der Waals surface area contributed by atoms with Gasteiger partial charge in [-0.2, -0.15) is 0 Å². The van der Waals surface area contributed by atoms with Gasteiger partial charge >= 0.3 is 0 Å². The lowest BCUT2D eigenvalue weighted by atomic mass is 10.2. The van der Waals surface area contributed by atoms with Crippen LogP contribution in [0.1, 0.15) is 30.1 Å². The first-order chi connectivity index (χ1) is 12.7. The Morgan fingerprint density at radius 1 is 1.19 bits per heavy atom. The van der Waals surface area contributed by atoms with Crippen LogP contribution < -0.4 is 10.0 Å². The van der Waals surface area contributed by atoms with Crippen molar-refractivity contribution in [1.29, 1.82) is 0 Å². The van der Waals surface area contributed by atoms with E-state index in [2.05, 4.69) is 10.0 Å². The predicted molar refractivity (Wildman–Crippen MR) is 103 cm³/mol. The van der Waals surface area contributed by atoms with Gasteiger partial charge in [0.2, 0.25) is 10.0 Å². The Morgan fingerprint density at radius 2 is 1.85 bits per heavy atom. The van der Waals surface area contributed by atoms with Crippen molar-refractivity contribution >= 4 is 38.9 Å². The topological polar surface area (TPSA) is 118 Å². The van der Waals surface area contributed by atoms with Gasteiger partial charge in [0.1, 0.15) is 5.02 Å². The molecule has 2 aromatic carbocycles. The van der Waals surface area contributed by atoms with Crippen LogP contribution in [0.25, 0.3) is 0 Å². The minimum atomic E-state index is -3.60. The summed E-state index contributed by atoms with van der Waals surface area (Å²) in [6.07, 6.45) is 1.61. The van der Waals surface area contributed by atoms with Gasteiger partial charge in [0.15, 0.2) is 0 Å². The minimum absolute atomic E-state index is 0.0593. The summed E-state index contributed by atoms with van der Waals surface area (Å²) >= 11 is 5.73. The average Bonchev–Trinajstić information content (AvgIpc) is 2.62. The van der Waals surface area contributed by atoms with E-state index < -0.39 is 20.9 Å². The molecule has 0 heterocycles. The van der Waals surface area contributed by atoms with E-state index in [9.17, 15) is 23.3 Å². The number of hydrogen-bond acceptors (Lipinski definition) is 5. The van der Waals surface area contributed by atoms with Crippen molar-refractivity contribution in [2.24, 2.45) is 0 Å². The number of nitro benzene ring substituents is 1. The van der Waals surface area contributed by atoms with Gasteiger partial charge in [-0.1, -0.05) is 24.9 Å². The summed E-state index contributed by atoms with van der Waals surface area (Å²) in [5.74, 6) is -0.577. The normalized spacial score (nSPS) is 11.2. The molecule has 1 amide bonds. The van der Waals surface area contributed by atoms with Gasteiger partial charge in [0.05, 0.1) is 9.82 Å². The predicted octanol–water partition coefficient (Wildman–Crippen LogP) is 3.58. The first kappa shape index (κ1) is 20.8. The SMILES string of the molecule is CCCCNS(=O)(=O)c1ccc(NC(=O)c2ccc(Cl)c([N+](=O)[O-])c2)cc1. The van der Waals surface area contributed by atoms with Crippen LogP contribution in [0.4, 0.5) is 11.4 Å². The van der Waals surface area contributed by atoms with E-state index in [4.69, 9.17) is 11.6 Å². The molecule has 144 valence electrons. The van der Waals surface area contributed by atoms with Gasteiger partial charge in [-0.3, -0.25) is 14.9 Å². The molecule has 0 saturated carbocycles. The highest BCUT2D eigenvalue weighted by Gasteiger charge is 2.17. The van der Waals surface area contributed by atoms with Crippen molar-refractivity contribution in [2.45, 2.75) is 24.7 Å². The van der Waals surface area contributed by atoms with Crippen molar-refractivity contribution in [2.75, 3.05) is 11.9 Å². The largest absolute Gasteiger partial charge is 0.322 e. The molecule has 2 aromatic rings. The summed E-state index contributed by atoms with van der Waals surface area (Å²) in [7, 11) is -3.60. The molecule has 0 atom stereocenters. The van der Waals surface area contributed by atoms with Crippen LogP contribution in [0.5, 0.6) is 0 Å². The van der Waals surface area contributed by atoms with Gasteiger partial charge in [0.25, 0.3) is 11.6 Å². The van der Waals surface area contributed by atoms with E-state index >= 15 is 0 Å². The first-order valence-corrected chi connectivity index (χ1v) is 9.95. The lowest BCUT2D eigenvalue weighted by molar-refractivity contribution is -0.384. The highest BCUT2D eigenvalue weighted by atomic mass is 35.5. The second kappa shape index (κ2) is 8.94. The smallest absolute Gasteiger partial charge is 0.288 e. The molecular weight excluding hydrogens is 394 g/mol. The van der Waals surface area contributed by atoms with Crippen molar-refractivity contribution in [3.8, 4) is 0 Å². The summed E-state index contributed by atoms with van der Waals surface area (Å²) in [5.41, 5.74) is 0.0399. The second-order valence-electron chi connectivity index (χ2n) is 5.65. The molecule has 0 aliphatic carbocycles. The van der Waals surface area contributed by atoms with Crippen LogP contribution in [-0.4, -0.2) is 25.8 Å². The van der Waals surface area contributed by atoms with E-state index in [1.165, 1.54) is 36.4 Å². The van der Waals surface area contributed by atoms with Crippen LogP contribution in [-0.2, 0) is 10.0 Å². The number of nitrogens with zero attached hydrogens (tertiary/aromatic N) is 1. The number of sulfonamides is 1. The van der Waals surface area contributed by atoms with Crippen LogP contribution in [0.15, 0.2) is 47.4 Å². The Labute approximate surface area is 161 Å². The fourth-order valence-corrected chi connectivity index (χ4v) is 3.44. The van der Waals surface area contributed by atoms with E-state index in [-0.39, 0.29) is 21.2 Å². The third-order valence-corrected chi connectivity index (χ3v) is 5.45. The maximum atomic E-state index is 12.2. The monoisotopic (exact) mass is 411 g/mol. The molecule has 0 aromatic heterocycles. The summed E-state index contributed by atoms with van der Waals surface area (Å²) < 4.78 is 26.7. The van der Waals surface area contributed by atoms with Crippen LogP contribution in [0.3, 0.4) is 0 Å². The Bertz CT molecular complexity index is 946. The van der Waals surface area contributed by atoms with E-state index in [1.54, 1.807) is 0 Å². The Kier molecular flexibility index (Phi) is 6.89. The zero-order valence-corrected chi connectivity index (χ0v) is 16.0. The molecule has 0 radical (unpaired) electrons. The number of benzene rings is 2. The second-order valence-corrected chi connectivity index (χ2v) is 7.83. The third kappa shape index (κ3) is 5.49. The number of hydrogen-bond donors (Lipinski definition) is 2. The molecule has 0 aliphatic heterocycles. The molecule has 8 nitrogen and oxygen atoms in total. The number of nitro groups is 1. The lowest BCUT2D eigenvalue weighted by Gasteiger charge is -2.08. The summed E-state index contributed by atoms with van der Waals surface area (Å²) in [4.78, 5) is 22.6. The van der Waals surface area contributed by atoms with Crippen molar-refractivity contribution in [3.05, 3.63) is 63.2 Å². The van der Waals surface area contributed by atoms with E-state index in [0.29, 0.717) is 12.2 Å². The fraction of sp³-hybridized carbons (Fsp3) is 0.235. The quantitative estimate of drug-likeness (QED) is 0.391. The number of halogens is 1. The van der Waals surface area contributed by atoms with Gasteiger partial charge in [0, 0.05) is 23.9 Å². The zero-order valence-electron chi connectivity index (χ0n) is 14.4. The van der Waals surface area contributed by atoms with Crippen LogP contribution in [0.2, 0.25) is 5.02 Å². The van der Waals surface area contributed by atoms with Crippen molar-refractivity contribution in [1.82, 2.24) is 4.72 Å². The number of anilines is 1. The standard InChI is InChI=1S/C17H18ClN3O5S/c1-2-3-10-19-27(25,26)14-7-5-13(6-8-14)20-17(22)12-4-9-15(18)16(11-12)21(23)24/h4-9,11,19H,2-3,10H2,1H3,(H,20,22). The molecule has 2 rings (SSSR count). The zero-order chi connectivity index (χ0) is 20.0. The Hall–Kier alpha value is -2.49. The molecule has 10 heteroatoms. The number of carbonyl (C=O) groups is 1. The van der Waals surface area contributed by atoms with Gasteiger partial charge < -0.3 is 5.32 Å². The summed E-state index contributed by atoms with van der Waals surface area (Å²) in [5, 5.41) is 13.4. The average molecular weight is 412 g/mol. The Balaban J connectivity index is 2.11. The maximum absolute atomic E-state index is 12.2. The summed E-state index contributed by atoms with van der Waals surface area (Å²) in [6.45, 7) is 2.31. The van der Waals surface area contributed by atoms with Gasteiger partial charge in [-0.15, -0.1) is 0 Å². The molecule has 0 unspecified atom stereocenters. The van der Waals surface area contributed by atoms with Crippen LogP contribution in [0, 0.1) is 10.1 Å². The Morgan fingerprint density at radius 3 is 2.44 bits per heavy atom. The number of nitrogens with one attached hydrogen (secondary N) is 2. The fourth-order valence-electron chi connectivity index (χ4n) is 2.18. The highest BCUT2D eigenvalue weighted by Crippen LogP contribution is 2.25. The third-order valence-electron chi connectivity index (χ3n) is 3.65. The number of carbonyl (C=O) groups excluding carboxylic acids is 1. The van der Waals surface area contributed by atoms with Gasteiger partial charge in [-0.25, -0.2) is 13.1 Å². The molecule has 0 fully saturated rings. The molecule has 2 N–H and O–H groups in total. The molecule has 0 spiro atoms. The molecule has 27 heavy (non-hydrogen) atoms. The molecule has 0 aliphatic rings. The van der Waals surface area contributed by atoms with E-state index in [0.717, 1.165) is 18.9 Å². The lowest BCUT2D eigenvalue weighted by Crippen LogP contribution is -2.24. The highest BCUT2D eigenvalue weighted by molar-refractivity contribution is 7.89.